The number of hydrogen-bond acceptors (Lipinski definition) is 7. The van der Waals surface area contributed by atoms with Crippen LogP contribution in [0.25, 0.3) is 0 Å². The van der Waals surface area contributed by atoms with E-state index >= 15 is 0 Å². The summed E-state index contributed by atoms with van der Waals surface area (Å²) in [4.78, 5) is 0. The van der Waals surface area contributed by atoms with Crippen molar-refractivity contribution in [1.82, 2.24) is 0 Å². The molecule has 2 aliphatic heterocycles. The first-order chi connectivity index (χ1) is 14.0. The summed E-state index contributed by atoms with van der Waals surface area (Å²) in [6.07, 6.45) is -0.326. The molecule has 0 amide bonds. The Morgan fingerprint density at radius 1 is 0.724 bits per heavy atom. The van der Waals surface area contributed by atoms with Gasteiger partial charge in [-0.15, -0.1) is 0 Å². The molecule has 2 heterocycles. The van der Waals surface area contributed by atoms with Gasteiger partial charge in [0.05, 0.1) is 46.8 Å². The van der Waals surface area contributed by atoms with Crippen molar-refractivity contribution in [2.75, 3.05) is 34.5 Å². The topological polar surface area (TPSA) is 86.6 Å². The number of methoxy groups -OCH3 is 3. The van der Waals surface area contributed by atoms with E-state index in [1.165, 1.54) is 21.3 Å². The van der Waals surface area contributed by atoms with Crippen LogP contribution in [0.15, 0.2) is 24.3 Å². The third kappa shape index (κ3) is 3.24. The van der Waals surface area contributed by atoms with Crippen molar-refractivity contribution in [3.05, 3.63) is 41.0 Å². The Morgan fingerprint density at radius 2 is 1.14 bits per heavy atom. The van der Waals surface area contributed by atoms with Crippen molar-refractivity contribution in [3.63, 3.8) is 0 Å². The second kappa shape index (κ2) is 7.65. The highest BCUT2D eigenvalue weighted by Gasteiger charge is 2.48. The maximum absolute atomic E-state index is 10.2. The molecule has 0 bridgehead atoms. The number of ether oxygens (including phenoxy) is 5. The third-order valence-corrected chi connectivity index (χ3v) is 5.93. The molecule has 7 nitrogen and oxygen atoms in total. The van der Waals surface area contributed by atoms with Crippen molar-refractivity contribution in [2.45, 2.75) is 19.1 Å². The third-order valence-electron chi connectivity index (χ3n) is 5.93. The molecule has 156 valence electrons. The molecule has 0 aromatic heterocycles. The molecule has 2 saturated heterocycles. The summed E-state index contributed by atoms with van der Waals surface area (Å²) in [6, 6.07) is 7.33. The molecular weight excluding hydrogens is 376 g/mol. The van der Waals surface area contributed by atoms with Gasteiger partial charge in [0, 0.05) is 11.8 Å². The van der Waals surface area contributed by atoms with E-state index in [0.717, 1.165) is 16.7 Å². The highest BCUT2D eigenvalue weighted by Crippen LogP contribution is 2.52. The Bertz CT molecular complexity index is 885. The minimum atomic E-state index is -0.187. The van der Waals surface area contributed by atoms with E-state index in [9.17, 15) is 10.2 Å². The predicted octanol–water partition coefficient (Wildman–Crippen LogP) is 3.51. The molecule has 2 aromatic rings. The number of phenolic OH excluding ortho intramolecular Hbond substituents is 2. The van der Waals surface area contributed by atoms with Gasteiger partial charge in [0.15, 0.2) is 23.0 Å². The standard InChI is InChI=1S/C22H26O7/c1-11-5-12(6-16(25-2)19(11)23)21-14-9-29-22(15(14)10-28-21)13-7-17(26-3)20(24)18(8-13)27-4/h5-8,14-15,21-24H,9-10H2,1-4H3. The van der Waals surface area contributed by atoms with Crippen molar-refractivity contribution in [1.29, 1.82) is 0 Å². The summed E-state index contributed by atoms with van der Waals surface area (Å²) in [5.41, 5.74) is 2.59. The van der Waals surface area contributed by atoms with Gasteiger partial charge in [0.25, 0.3) is 0 Å². The number of benzene rings is 2. The number of phenols is 2. The fourth-order valence-electron chi connectivity index (χ4n) is 4.41. The molecule has 4 rings (SSSR count). The quantitative estimate of drug-likeness (QED) is 0.791. The van der Waals surface area contributed by atoms with Gasteiger partial charge in [-0.05, 0) is 47.9 Å². The molecular formula is C22H26O7. The summed E-state index contributed by atoms with van der Waals surface area (Å²) >= 11 is 0. The van der Waals surface area contributed by atoms with Gasteiger partial charge in [-0.2, -0.15) is 0 Å². The predicted molar refractivity (Wildman–Crippen MR) is 105 cm³/mol. The molecule has 0 spiro atoms. The van der Waals surface area contributed by atoms with Gasteiger partial charge < -0.3 is 33.9 Å². The molecule has 2 aromatic carbocycles. The van der Waals surface area contributed by atoms with Crippen LogP contribution in [0.4, 0.5) is 0 Å². The SMILES string of the molecule is COc1cc(C2OCC3C(c4cc(OC)c(O)c(OC)c4)OCC23)cc(C)c1O. The van der Waals surface area contributed by atoms with Gasteiger partial charge >= 0.3 is 0 Å². The minimum Gasteiger partial charge on any atom is -0.504 e. The van der Waals surface area contributed by atoms with Gasteiger partial charge in [-0.25, -0.2) is 0 Å². The fourth-order valence-corrected chi connectivity index (χ4v) is 4.41. The zero-order chi connectivity index (χ0) is 20.7. The van der Waals surface area contributed by atoms with Crippen LogP contribution in [0, 0.1) is 18.8 Å². The smallest absolute Gasteiger partial charge is 0.200 e. The summed E-state index contributed by atoms with van der Waals surface area (Å²) < 4.78 is 28.2. The fraction of sp³-hybridized carbons (Fsp3) is 0.455. The Morgan fingerprint density at radius 3 is 1.59 bits per heavy atom. The maximum Gasteiger partial charge on any atom is 0.200 e. The molecule has 29 heavy (non-hydrogen) atoms. The molecule has 7 heteroatoms. The average molecular weight is 402 g/mol. The second-order valence-corrected chi connectivity index (χ2v) is 7.50. The molecule has 0 aliphatic carbocycles. The van der Waals surface area contributed by atoms with E-state index in [1.54, 1.807) is 12.1 Å². The summed E-state index contributed by atoms with van der Waals surface area (Å²) in [5.74, 6) is 1.57. The maximum atomic E-state index is 10.2. The summed E-state index contributed by atoms with van der Waals surface area (Å²) in [5, 5.41) is 20.3. The van der Waals surface area contributed by atoms with E-state index < -0.39 is 0 Å². The lowest BCUT2D eigenvalue weighted by Crippen LogP contribution is -2.15. The first-order valence-electron chi connectivity index (χ1n) is 9.54. The number of aromatic hydroxyl groups is 2. The van der Waals surface area contributed by atoms with Crippen LogP contribution in [0.5, 0.6) is 28.7 Å². The van der Waals surface area contributed by atoms with E-state index in [-0.39, 0.29) is 35.5 Å². The molecule has 0 radical (unpaired) electrons. The molecule has 2 N–H and O–H groups in total. The van der Waals surface area contributed by atoms with Gasteiger partial charge in [-0.1, -0.05) is 0 Å². The summed E-state index contributed by atoms with van der Waals surface area (Å²) in [6.45, 7) is 2.94. The molecule has 0 saturated carbocycles. The lowest BCUT2D eigenvalue weighted by molar-refractivity contribution is 0.0190. The molecule has 2 aliphatic rings. The van der Waals surface area contributed by atoms with E-state index in [1.807, 2.05) is 19.1 Å². The van der Waals surface area contributed by atoms with Gasteiger partial charge in [0.1, 0.15) is 0 Å². The lowest BCUT2D eigenvalue weighted by Gasteiger charge is -2.19. The first kappa shape index (κ1) is 19.7. The second-order valence-electron chi connectivity index (χ2n) is 7.50. The largest absolute Gasteiger partial charge is 0.504 e. The lowest BCUT2D eigenvalue weighted by atomic mass is 9.84. The number of fused-ring (bicyclic) bond motifs is 1. The van der Waals surface area contributed by atoms with Crippen LogP contribution in [0.3, 0.4) is 0 Å². The summed E-state index contributed by atoms with van der Waals surface area (Å²) in [7, 11) is 4.55. The zero-order valence-electron chi connectivity index (χ0n) is 17.0. The zero-order valence-corrected chi connectivity index (χ0v) is 17.0. The Kier molecular flexibility index (Phi) is 5.19. The first-order valence-corrected chi connectivity index (χ1v) is 9.54. The van der Waals surface area contributed by atoms with Crippen LogP contribution in [-0.2, 0) is 9.47 Å². The molecule has 2 fully saturated rings. The van der Waals surface area contributed by atoms with Crippen LogP contribution in [-0.4, -0.2) is 44.8 Å². The van der Waals surface area contributed by atoms with Crippen molar-refractivity contribution >= 4 is 0 Å². The highest BCUT2D eigenvalue weighted by atomic mass is 16.5. The number of aryl methyl sites for hydroxylation is 1. The van der Waals surface area contributed by atoms with E-state index in [2.05, 4.69) is 0 Å². The van der Waals surface area contributed by atoms with Crippen molar-refractivity contribution < 1.29 is 33.9 Å². The number of rotatable bonds is 5. The van der Waals surface area contributed by atoms with Crippen LogP contribution >= 0.6 is 0 Å². The van der Waals surface area contributed by atoms with E-state index in [0.29, 0.717) is 30.5 Å². The minimum absolute atomic E-state index is 0.0273. The van der Waals surface area contributed by atoms with Crippen LogP contribution < -0.4 is 14.2 Å². The highest BCUT2D eigenvalue weighted by molar-refractivity contribution is 5.53. The van der Waals surface area contributed by atoms with Gasteiger partial charge in [-0.3, -0.25) is 0 Å². The number of hydrogen-bond donors (Lipinski definition) is 2. The molecule has 4 unspecified atom stereocenters. The van der Waals surface area contributed by atoms with E-state index in [4.69, 9.17) is 23.7 Å². The average Bonchev–Trinajstić information content (AvgIpc) is 3.32. The Balaban J connectivity index is 1.63. The Hall–Kier alpha value is -2.64. The van der Waals surface area contributed by atoms with Crippen LogP contribution in [0.1, 0.15) is 28.9 Å². The van der Waals surface area contributed by atoms with Gasteiger partial charge in [0.2, 0.25) is 5.75 Å². The van der Waals surface area contributed by atoms with Crippen molar-refractivity contribution in [3.8, 4) is 28.7 Å². The monoisotopic (exact) mass is 402 g/mol. The normalized spacial score (nSPS) is 25.7. The molecule has 4 atom stereocenters. The van der Waals surface area contributed by atoms with Crippen LogP contribution in [0.2, 0.25) is 0 Å². The Labute approximate surface area is 169 Å². The van der Waals surface area contributed by atoms with Crippen molar-refractivity contribution in [2.24, 2.45) is 11.8 Å².